The van der Waals surface area contributed by atoms with Crippen LogP contribution in [0.15, 0.2) is 0 Å². The lowest BCUT2D eigenvalue weighted by Crippen LogP contribution is -2.59. The molecule has 0 radical (unpaired) electrons. The van der Waals surface area contributed by atoms with Gasteiger partial charge < -0.3 is 19.9 Å². The van der Waals surface area contributed by atoms with Gasteiger partial charge in [-0.1, -0.05) is 6.92 Å². The Morgan fingerprint density at radius 1 is 1.33 bits per heavy atom. The highest BCUT2D eigenvalue weighted by molar-refractivity contribution is 5.74. The number of carbonyl (C=O) groups is 1. The van der Waals surface area contributed by atoms with E-state index in [2.05, 4.69) is 31.2 Å². The van der Waals surface area contributed by atoms with Crippen LogP contribution in [0.3, 0.4) is 0 Å². The third-order valence-corrected chi connectivity index (χ3v) is 5.27. The Morgan fingerprint density at radius 2 is 2.05 bits per heavy atom. The van der Waals surface area contributed by atoms with E-state index in [0.29, 0.717) is 0 Å². The topological polar surface area (TPSA) is 44.8 Å². The third kappa shape index (κ3) is 3.69. The summed E-state index contributed by atoms with van der Waals surface area (Å²) < 4.78 is 5.72. The highest BCUT2D eigenvalue weighted by atomic mass is 16.5. The molecule has 5 nitrogen and oxygen atoms in total. The van der Waals surface area contributed by atoms with Crippen LogP contribution in [0.5, 0.6) is 0 Å². The van der Waals surface area contributed by atoms with Gasteiger partial charge in [-0.15, -0.1) is 0 Å². The molecule has 1 heterocycles. The van der Waals surface area contributed by atoms with Crippen molar-refractivity contribution in [1.82, 2.24) is 15.1 Å². The van der Waals surface area contributed by atoms with Gasteiger partial charge >= 0.3 is 6.03 Å². The van der Waals surface area contributed by atoms with E-state index in [1.54, 1.807) is 0 Å². The van der Waals surface area contributed by atoms with E-state index >= 15 is 0 Å². The van der Waals surface area contributed by atoms with Crippen molar-refractivity contribution in [3.8, 4) is 0 Å². The standard InChI is InChI=1S/C16H31N3O2/c1-5-13(14-8-6-11-21-14)17-15(20)19(4)12-16(18(2)3)9-7-10-16/h13-14H,5-12H2,1-4H3,(H,17,20)/t13-,14+/m0/s1. The average molecular weight is 297 g/mol. The number of hydrogen-bond donors (Lipinski definition) is 1. The van der Waals surface area contributed by atoms with Crippen molar-refractivity contribution in [3.05, 3.63) is 0 Å². The van der Waals surface area contributed by atoms with Crippen LogP contribution in [0.4, 0.5) is 4.79 Å². The van der Waals surface area contributed by atoms with Crippen molar-refractivity contribution in [3.63, 3.8) is 0 Å². The van der Waals surface area contributed by atoms with Gasteiger partial charge in [-0.05, 0) is 52.6 Å². The van der Waals surface area contributed by atoms with E-state index in [1.807, 2.05) is 11.9 Å². The predicted molar refractivity (Wildman–Crippen MR) is 84.5 cm³/mol. The molecule has 0 aromatic heterocycles. The first-order valence-corrected chi connectivity index (χ1v) is 8.29. The zero-order chi connectivity index (χ0) is 15.5. The molecule has 0 aromatic carbocycles. The number of carbonyl (C=O) groups excluding carboxylic acids is 1. The summed E-state index contributed by atoms with van der Waals surface area (Å²) in [7, 11) is 6.14. The molecule has 1 N–H and O–H groups in total. The lowest BCUT2D eigenvalue weighted by atomic mass is 9.75. The van der Waals surface area contributed by atoms with Gasteiger partial charge in [0.05, 0.1) is 12.1 Å². The average Bonchev–Trinajstić information content (AvgIpc) is 2.92. The van der Waals surface area contributed by atoms with Gasteiger partial charge in [-0.2, -0.15) is 0 Å². The Hall–Kier alpha value is -0.810. The third-order valence-electron chi connectivity index (χ3n) is 5.27. The summed E-state index contributed by atoms with van der Waals surface area (Å²) in [5.41, 5.74) is 0.178. The second-order valence-corrected chi connectivity index (χ2v) is 6.84. The Labute approximate surface area is 129 Å². The van der Waals surface area contributed by atoms with Crippen LogP contribution in [0.2, 0.25) is 0 Å². The number of nitrogens with zero attached hydrogens (tertiary/aromatic N) is 2. The molecule has 2 rings (SSSR count). The Morgan fingerprint density at radius 3 is 2.48 bits per heavy atom. The molecular weight excluding hydrogens is 266 g/mol. The van der Waals surface area contributed by atoms with Crippen LogP contribution in [-0.2, 0) is 4.74 Å². The predicted octanol–water partition coefficient (Wildman–Crippen LogP) is 2.07. The smallest absolute Gasteiger partial charge is 0.317 e. The number of amides is 2. The molecule has 2 aliphatic rings. The van der Waals surface area contributed by atoms with Gasteiger partial charge in [-0.25, -0.2) is 4.79 Å². The van der Waals surface area contributed by atoms with Crippen LogP contribution in [0.25, 0.3) is 0 Å². The second kappa shape index (κ2) is 6.97. The first-order chi connectivity index (χ1) is 9.98. The minimum absolute atomic E-state index is 0.0328. The zero-order valence-corrected chi connectivity index (χ0v) is 14.0. The SMILES string of the molecule is CC[C@H](NC(=O)N(C)CC1(N(C)C)CCC1)[C@H]1CCCO1. The fourth-order valence-electron chi connectivity index (χ4n) is 3.49. The molecule has 2 amide bonds. The first kappa shape index (κ1) is 16.6. The Kier molecular flexibility index (Phi) is 5.49. The van der Waals surface area contributed by atoms with Crippen LogP contribution < -0.4 is 5.32 Å². The summed E-state index contributed by atoms with van der Waals surface area (Å²) >= 11 is 0. The maximum Gasteiger partial charge on any atom is 0.317 e. The monoisotopic (exact) mass is 297 g/mol. The molecule has 1 saturated heterocycles. The van der Waals surface area contributed by atoms with Gasteiger partial charge in [0, 0.05) is 25.7 Å². The lowest BCUT2D eigenvalue weighted by Gasteiger charge is -2.49. The van der Waals surface area contributed by atoms with Gasteiger partial charge in [-0.3, -0.25) is 0 Å². The van der Waals surface area contributed by atoms with Crippen molar-refractivity contribution in [2.45, 2.75) is 63.1 Å². The maximum absolute atomic E-state index is 12.5. The minimum atomic E-state index is 0.0328. The highest BCUT2D eigenvalue weighted by Gasteiger charge is 2.41. The molecule has 1 aliphatic heterocycles. The van der Waals surface area contributed by atoms with Gasteiger partial charge in [0.1, 0.15) is 0 Å². The van der Waals surface area contributed by atoms with Gasteiger partial charge in [0.2, 0.25) is 0 Å². The van der Waals surface area contributed by atoms with Crippen molar-refractivity contribution in [1.29, 1.82) is 0 Å². The highest BCUT2D eigenvalue weighted by Crippen LogP contribution is 2.36. The van der Waals surface area contributed by atoms with E-state index < -0.39 is 0 Å². The summed E-state index contributed by atoms with van der Waals surface area (Å²) in [6.45, 7) is 3.74. The van der Waals surface area contributed by atoms with E-state index in [1.165, 1.54) is 19.3 Å². The lowest BCUT2D eigenvalue weighted by molar-refractivity contribution is 0.0339. The molecule has 5 heteroatoms. The van der Waals surface area contributed by atoms with E-state index in [-0.39, 0.29) is 23.7 Å². The quantitative estimate of drug-likeness (QED) is 0.816. The molecule has 0 aromatic rings. The van der Waals surface area contributed by atoms with Crippen molar-refractivity contribution in [2.24, 2.45) is 0 Å². The minimum Gasteiger partial charge on any atom is -0.376 e. The molecule has 2 atom stereocenters. The molecule has 122 valence electrons. The normalized spacial score (nSPS) is 25.5. The number of ether oxygens (including phenoxy) is 1. The maximum atomic E-state index is 12.5. The number of urea groups is 1. The molecule has 1 aliphatic carbocycles. The van der Waals surface area contributed by atoms with Crippen LogP contribution in [0.1, 0.15) is 45.4 Å². The van der Waals surface area contributed by atoms with Gasteiger partial charge in [0.15, 0.2) is 0 Å². The Balaban J connectivity index is 1.86. The molecule has 2 fully saturated rings. The summed E-state index contributed by atoms with van der Waals surface area (Å²) in [6.07, 6.45) is 6.91. The van der Waals surface area contributed by atoms with Crippen LogP contribution in [0, 0.1) is 0 Å². The van der Waals surface area contributed by atoms with Crippen LogP contribution in [-0.4, -0.2) is 67.8 Å². The first-order valence-electron chi connectivity index (χ1n) is 8.29. The molecule has 1 saturated carbocycles. The second-order valence-electron chi connectivity index (χ2n) is 6.84. The van der Waals surface area contributed by atoms with E-state index in [9.17, 15) is 4.79 Å². The summed E-state index contributed by atoms with van der Waals surface area (Å²) in [6, 6.07) is 0.171. The van der Waals surface area contributed by atoms with E-state index in [0.717, 1.165) is 32.4 Å². The van der Waals surface area contributed by atoms with Crippen molar-refractivity contribution >= 4 is 6.03 Å². The zero-order valence-electron chi connectivity index (χ0n) is 14.0. The molecule has 0 spiro atoms. The fourth-order valence-corrected chi connectivity index (χ4v) is 3.49. The number of nitrogens with one attached hydrogen (secondary N) is 1. The van der Waals surface area contributed by atoms with Crippen molar-refractivity contribution in [2.75, 3.05) is 34.3 Å². The van der Waals surface area contributed by atoms with E-state index in [4.69, 9.17) is 4.74 Å². The largest absolute Gasteiger partial charge is 0.376 e. The summed E-state index contributed by atoms with van der Waals surface area (Å²) in [4.78, 5) is 16.6. The molecular formula is C16H31N3O2. The van der Waals surface area contributed by atoms with Gasteiger partial charge in [0.25, 0.3) is 0 Å². The Bertz CT molecular complexity index is 349. The fraction of sp³-hybridized carbons (Fsp3) is 0.938. The number of likely N-dealkylation sites (N-methyl/N-ethyl adjacent to an activating group) is 2. The molecule has 21 heavy (non-hydrogen) atoms. The van der Waals surface area contributed by atoms with Crippen LogP contribution >= 0.6 is 0 Å². The van der Waals surface area contributed by atoms with Crippen molar-refractivity contribution < 1.29 is 9.53 Å². The molecule has 0 unspecified atom stereocenters. The summed E-state index contributed by atoms with van der Waals surface area (Å²) in [5, 5.41) is 3.16. The summed E-state index contributed by atoms with van der Waals surface area (Å²) in [5.74, 6) is 0. The number of hydrogen-bond acceptors (Lipinski definition) is 3. The number of rotatable bonds is 6. The molecule has 0 bridgehead atoms.